The molecule has 1 heterocycles. The number of aliphatic hydroxyl groups excluding tert-OH is 1. The molecule has 0 bridgehead atoms. The number of hydrogen-bond donors (Lipinski definition) is 3. The van der Waals surface area contributed by atoms with E-state index in [-0.39, 0.29) is 11.5 Å². The number of anilines is 2. The van der Waals surface area contributed by atoms with Gasteiger partial charge in [0.1, 0.15) is 4.90 Å². The molecule has 1 unspecified atom stereocenters. The molecule has 1 radical (unpaired) electrons. The van der Waals surface area contributed by atoms with Gasteiger partial charge in [0.2, 0.25) is 0 Å². The highest BCUT2D eigenvalue weighted by molar-refractivity contribution is 7.99. The van der Waals surface area contributed by atoms with Crippen LogP contribution in [0.25, 0.3) is 11.1 Å². The topological polar surface area (TPSA) is 136 Å². The number of nitrogens with one attached hydrogen (secondary N) is 2. The first kappa shape index (κ1) is 47.9. The molecular weight excluding hydrogens is 893 g/mol. The molecule has 1 fully saturated rings. The first-order chi connectivity index (χ1) is 30.0. The molecule has 3 N–H and O–H groups in total. The van der Waals surface area contributed by atoms with Crippen LogP contribution in [-0.4, -0.2) is 82.8 Å². The second-order valence-corrected chi connectivity index (χ2v) is 20.3. The Labute approximate surface area is 376 Å². The number of sulfonamides is 1. The summed E-state index contributed by atoms with van der Waals surface area (Å²) in [7, 11) is -10.9. The number of alkyl halides is 3. The van der Waals surface area contributed by atoms with Crippen molar-refractivity contribution in [3.8, 4) is 11.1 Å². The molecule has 0 aliphatic carbocycles. The molecule has 335 valence electrons. The zero-order chi connectivity index (χ0) is 45.4. The van der Waals surface area contributed by atoms with Gasteiger partial charge in [-0.05, 0) is 129 Å². The summed E-state index contributed by atoms with van der Waals surface area (Å²) in [6.07, 6.45) is 1.06. The Morgan fingerprint density at radius 3 is 2.21 bits per heavy atom. The van der Waals surface area contributed by atoms with Gasteiger partial charge in [-0.1, -0.05) is 73.1 Å². The van der Waals surface area contributed by atoms with Crippen LogP contribution >= 0.6 is 23.4 Å². The van der Waals surface area contributed by atoms with E-state index in [1.165, 1.54) is 23.9 Å². The fourth-order valence-electron chi connectivity index (χ4n) is 7.47. The SMILES string of the molecule is [CH2]CN(CC)CC[C@H](CSc1ccccc1)Nc1ccc(S(=O)(=O)NC(=O)c2ccc(N3CCC(C(O)c4ccccc4-c4ccc(Cl)cc4)CC3)cc2)cc1S(=O)(=O)C(F)(F)F. The molecule has 1 amide bonds. The molecule has 10 nitrogen and oxygen atoms in total. The fraction of sp³-hybridized carbons (Fsp3) is 0.304. The molecule has 17 heteroatoms. The third-order valence-corrected chi connectivity index (χ3v) is 15.4. The first-order valence-electron chi connectivity index (χ1n) is 20.4. The highest BCUT2D eigenvalue weighted by atomic mass is 35.5. The summed E-state index contributed by atoms with van der Waals surface area (Å²) in [5.41, 5.74) is -2.75. The van der Waals surface area contributed by atoms with Crippen molar-refractivity contribution in [1.29, 1.82) is 0 Å². The number of carbonyl (C=O) groups excluding carboxylic acids is 1. The fourth-order valence-corrected chi connectivity index (χ4v) is 10.6. The summed E-state index contributed by atoms with van der Waals surface area (Å²) in [6, 6.07) is 32.5. The Morgan fingerprint density at radius 1 is 0.921 bits per heavy atom. The second kappa shape index (κ2) is 20.9. The number of carbonyl (C=O) groups is 1. The Bertz CT molecular complexity index is 2540. The maximum Gasteiger partial charge on any atom is 0.501 e. The summed E-state index contributed by atoms with van der Waals surface area (Å²) in [6.45, 7) is 8.74. The average molecular weight is 943 g/mol. The summed E-state index contributed by atoms with van der Waals surface area (Å²) < 4.78 is 97.2. The van der Waals surface area contributed by atoms with Crippen LogP contribution in [0.2, 0.25) is 5.02 Å². The van der Waals surface area contributed by atoms with E-state index in [4.69, 9.17) is 11.6 Å². The number of thioether (sulfide) groups is 1. The molecule has 1 aliphatic rings. The largest absolute Gasteiger partial charge is 0.501 e. The molecule has 6 rings (SSSR count). The van der Waals surface area contributed by atoms with E-state index >= 15 is 0 Å². The lowest BCUT2D eigenvalue weighted by atomic mass is 9.84. The van der Waals surface area contributed by atoms with Gasteiger partial charge in [0.15, 0.2) is 0 Å². The van der Waals surface area contributed by atoms with Crippen molar-refractivity contribution in [3.63, 3.8) is 0 Å². The molecule has 1 aliphatic heterocycles. The van der Waals surface area contributed by atoms with E-state index in [0.717, 1.165) is 39.4 Å². The minimum absolute atomic E-state index is 0.0168. The van der Waals surface area contributed by atoms with Gasteiger partial charge in [-0.25, -0.2) is 21.6 Å². The summed E-state index contributed by atoms with van der Waals surface area (Å²) in [4.78, 5) is 16.2. The number of aliphatic hydroxyl groups is 1. The summed E-state index contributed by atoms with van der Waals surface area (Å²) in [5.74, 6) is -0.729. The number of nitrogens with zero attached hydrogens (tertiary/aromatic N) is 2. The Hall–Kier alpha value is -4.58. The van der Waals surface area contributed by atoms with Gasteiger partial charge in [0.25, 0.3) is 25.8 Å². The first-order valence-corrected chi connectivity index (χ1v) is 24.7. The molecule has 1 saturated heterocycles. The molecular formula is C46H49ClF3N4O6S3. The van der Waals surface area contributed by atoms with Crippen LogP contribution in [0.1, 0.15) is 48.2 Å². The van der Waals surface area contributed by atoms with Gasteiger partial charge in [-0.15, -0.1) is 11.8 Å². The zero-order valence-corrected chi connectivity index (χ0v) is 37.7. The molecule has 5 aromatic carbocycles. The Morgan fingerprint density at radius 2 is 1.57 bits per heavy atom. The van der Waals surface area contributed by atoms with Crippen molar-refractivity contribution >= 4 is 60.5 Å². The molecule has 0 saturated carbocycles. The van der Waals surface area contributed by atoms with E-state index < -0.39 is 58.9 Å². The molecule has 2 atom stereocenters. The Balaban J connectivity index is 1.14. The normalized spacial score (nSPS) is 15.0. The van der Waals surface area contributed by atoms with Gasteiger partial charge in [0, 0.05) is 52.6 Å². The van der Waals surface area contributed by atoms with Crippen LogP contribution in [-0.2, 0) is 19.9 Å². The van der Waals surface area contributed by atoms with E-state index in [2.05, 4.69) is 17.1 Å². The smallest absolute Gasteiger partial charge is 0.388 e. The minimum Gasteiger partial charge on any atom is -0.388 e. The molecule has 0 spiro atoms. The number of piperidine rings is 1. The van der Waals surface area contributed by atoms with Crippen LogP contribution in [0.3, 0.4) is 0 Å². The minimum atomic E-state index is -6.07. The van der Waals surface area contributed by atoms with Crippen LogP contribution in [0.4, 0.5) is 24.5 Å². The second-order valence-electron chi connectivity index (χ2n) is 15.1. The third kappa shape index (κ3) is 12.0. The van der Waals surface area contributed by atoms with E-state index in [9.17, 15) is 39.9 Å². The highest BCUT2D eigenvalue weighted by Gasteiger charge is 2.48. The van der Waals surface area contributed by atoms with Gasteiger partial charge >= 0.3 is 5.51 Å². The van der Waals surface area contributed by atoms with E-state index in [0.29, 0.717) is 68.8 Å². The van der Waals surface area contributed by atoms with Crippen molar-refractivity contribution in [3.05, 3.63) is 144 Å². The van der Waals surface area contributed by atoms with E-state index in [1.807, 2.05) is 95.4 Å². The van der Waals surface area contributed by atoms with Crippen LogP contribution in [0, 0.1) is 12.8 Å². The molecule has 5 aromatic rings. The van der Waals surface area contributed by atoms with Crippen molar-refractivity contribution in [2.45, 2.75) is 58.5 Å². The number of sulfone groups is 1. The number of hydrogen-bond acceptors (Lipinski definition) is 10. The summed E-state index contributed by atoms with van der Waals surface area (Å²) >= 11 is 7.52. The number of halogens is 4. The van der Waals surface area contributed by atoms with Crippen molar-refractivity contribution in [1.82, 2.24) is 9.62 Å². The van der Waals surface area contributed by atoms with E-state index in [1.54, 1.807) is 12.1 Å². The standard InChI is InChI=1S/C46H49ClF3N4O6S3/c1-3-53(4-2)27-26-36(31-61-38-10-6-5-7-11-38)51-42-23-22-39(30-43(42)62(57,58)46(48,49)50)63(59,60)52-45(56)34-16-20-37(21-17-34)54-28-24-33(25-29-54)44(55)41-13-9-8-12-40(41)32-14-18-35(47)19-15-32/h5-23,30,33,36,44,51,55H,1,3-4,24-29,31H2,2H3,(H,52,56)/t36-,44?/m1/s1. The highest BCUT2D eigenvalue weighted by Crippen LogP contribution is 2.39. The predicted octanol–water partition coefficient (Wildman–Crippen LogP) is 9.49. The molecule has 63 heavy (non-hydrogen) atoms. The van der Waals surface area contributed by atoms with Crippen LogP contribution in [0.15, 0.2) is 136 Å². The Kier molecular flexibility index (Phi) is 15.9. The van der Waals surface area contributed by atoms with Gasteiger partial charge in [0.05, 0.1) is 16.7 Å². The summed E-state index contributed by atoms with van der Waals surface area (Å²) in [5, 5.41) is 15.1. The van der Waals surface area contributed by atoms with Crippen LogP contribution < -0.4 is 14.9 Å². The maximum absolute atomic E-state index is 14.1. The lowest BCUT2D eigenvalue weighted by molar-refractivity contribution is -0.0435. The zero-order valence-electron chi connectivity index (χ0n) is 34.5. The third-order valence-electron chi connectivity index (χ3n) is 11.1. The van der Waals surface area contributed by atoms with Gasteiger partial charge in [-0.2, -0.15) is 13.2 Å². The predicted molar refractivity (Wildman–Crippen MR) is 244 cm³/mol. The lowest BCUT2D eigenvalue weighted by Crippen LogP contribution is -2.36. The van der Waals surface area contributed by atoms with Crippen molar-refractivity contribution < 1.29 is 39.9 Å². The number of amides is 1. The van der Waals surface area contributed by atoms with Crippen molar-refractivity contribution in [2.75, 3.05) is 48.7 Å². The average Bonchev–Trinajstić information content (AvgIpc) is 3.28. The van der Waals surface area contributed by atoms with Crippen molar-refractivity contribution in [2.24, 2.45) is 5.92 Å². The maximum atomic E-state index is 14.1. The molecule has 0 aromatic heterocycles. The van der Waals surface area contributed by atoms with Crippen LogP contribution in [0.5, 0.6) is 0 Å². The van der Waals surface area contributed by atoms with Gasteiger partial charge in [-0.3, -0.25) is 4.79 Å². The monoisotopic (exact) mass is 941 g/mol. The van der Waals surface area contributed by atoms with Gasteiger partial charge < -0.3 is 20.2 Å². The number of benzene rings is 5. The quantitative estimate of drug-likeness (QED) is 0.0730. The number of rotatable bonds is 18. The lowest BCUT2D eigenvalue weighted by Gasteiger charge is -2.36.